The zero-order valence-electron chi connectivity index (χ0n) is 15.0. The lowest BCUT2D eigenvalue weighted by Crippen LogP contribution is -2.51. The molecule has 0 saturated carbocycles. The minimum atomic E-state index is -0.221. The summed E-state index contributed by atoms with van der Waals surface area (Å²) >= 11 is 1.42. The van der Waals surface area contributed by atoms with E-state index in [1.807, 2.05) is 38.1 Å². The minimum absolute atomic E-state index is 0.00423. The normalized spacial score (nSPS) is 20.0. The molecule has 0 aliphatic carbocycles. The summed E-state index contributed by atoms with van der Waals surface area (Å²) < 4.78 is 11.6. The lowest BCUT2D eigenvalue weighted by molar-refractivity contribution is -0.00285. The summed E-state index contributed by atoms with van der Waals surface area (Å²) in [6, 6.07) is 7.11. The van der Waals surface area contributed by atoms with Crippen LogP contribution in [0.3, 0.4) is 0 Å². The van der Waals surface area contributed by atoms with Gasteiger partial charge in [-0.15, -0.1) is 11.3 Å². The molecule has 2 N–H and O–H groups in total. The van der Waals surface area contributed by atoms with E-state index in [1.54, 1.807) is 0 Å². The molecule has 0 spiro atoms. The van der Waals surface area contributed by atoms with Crippen molar-refractivity contribution in [3.05, 3.63) is 45.4 Å². The predicted molar refractivity (Wildman–Crippen MR) is 99.7 cm³/mol. The number of nitrogens with zero attached hydrogens (tertiary/aromatic N) is 1. The van der Waals surface area contributed by atoms with Crippen molar-refractivity contribution in [3.8, 4) is 5.75 Å². The Morgan fingerprint density at radius 2 is 2.19 bits per heavy atom. The number of hydrogen-bond donors (Lipinski definition) is 2. The lowest BCUT2D eigenvalue weighted by atomic mass is 10.1. The smallest absolute Gasteiger partial charge is 0.263 e. The summed E-state index contributed by atoms with van der Waals surface area (Å²) in [4.78, 5) is 17.8. The van der Waals surface area contributed by atoms with Gasteiger partial charge in [-0.05, 0) is 31.0 Å². The molecule has 2 atom stereocenters. The SMILES string of the molecule is CCc1nc(C)sc1C(=O)N[C@@H]1COCC[C@H]1Oc1ccc(CO)cc1. The number of carbonyl (C=O) groups excluding carboxylic acids is 1. The molecule has 26 heavy (non-hydrogen) atoms. The number of aryl methyl sites for hydroxylation is 2. The Kier molecular flexibility index (Phi) is 6.24. The van der Waals surface area contributed by atoms with Gasteiger partial charge in [0.15, 0.2) is 0 Å². The average Bonchev–Trinajstić information content (AvgIpc) is 3.05. The molecular formula is C19H24N2O4S. The fourth-order valence-corrected chi connectivity index (χ4v) is 3.87. The average molecular weight is 376 g/mol. The first kappa shape index (κ1) is 18.8. The molecule has 1 aliphatic heterocycles. The van der Waals surface area contributed by atoms with Crippen LogP contribution >= 0.6 is 11.3 Å². The second-order valence-electron chi connectivity index (χ2n) is 6.26. The van der Waals surface area contributed by atoms with E-state index in [4.69, 9.17) is 14.6 Å². The Morgan fingerprint density at radius 1 is 1.42 bits per heavy atom. The van der Waals surface area contributed by atoms with E-state index in [9.17, 15) is 4.79 Å². The summed E-state index contributed by atoms with van der Waals surface area (Å²) in [6.07, 6.45) is 1.27. The van der Waals surface area contributed by atoms with Gasteiger partial charge in [0.05, 0.1) is 36.6 Å². The van der Waals surface area contributed by atoms with Gasteiger partial charge in [0.1, 0.15) is 16.7 Å². The van der Waals surface area contributed by atoms with Crippen LogP contribution in [0.1, 0.15) is 39.3 Å². The van der Waals surface area contributed by atoms with Crippen molar-refractivity contribution in [2.24, 2.45) is 0 Å². The van der Waals surface area contributed by atoms with E-state index >= 15 is 0 Å². The van der Waals surface area contributed by atoms with Crippen LogP contribution in [0.25, 0.3) is 0 Å². The van der Waals surface area contributed by atoms with E-state index in [1.165, 1.54) is 11.3 Å². The summed E-state index contributed by atoms with van der Waals surface area (Å²) in [6.45, 7) is 4.93. The molecule has 0 unspecified atom stereocenters. The molecule has 1 saturated heterocycles. The summed E-state index contributed by atoms with van der Waals surface area (Å²) in [5.41, 5.74) is 1.67. The molecule has 0 bridgehead atoms. The van der Waals surface area contributed by atoms with E-state index in [0.29, 0.717) is 24.5 Å². The maximum atomic E-state index is 12.7. The number of carbonyl (C=O) groups is 1. The third-order valence-corrected chi connectivity index (χ3v) is 5.36. The molecule has 2 aromatic rings. The van der Waals surface area contributed by atoms with Crippen molar-refractivity contribution < 1.29 is 19.4 Å². The molecule has 2 heterocycles. The van der Waals surface area contributed by atoms with Gasteiger partial charge < -0.3 is 19.9 Å². The standard InChI is InChI=1S/C19H24N2O4S/c1-3-15-18(26-12(2)20-15)19(23)21-16-11-24-9-8-17(16)25-14-6-4-13(10-22)5-7-14/h4-7,16-17,22H,3,8-11H2,1-2H3,(H,21,23)/t16-,17-/m1/s1. The fourth-order valence-electron chi connectivity index (χ4n) is 2.96. The number of nitrogens with one attached hydrogen (secondary N) is 1. The number of aromatic nitrogens is 1. The Labute approximate surface area is 157 Å². The molecule has 3 rings (SSSR count). The Morgan fingerprint density at radius 3 is 2.88 bits per heavy atom. The molecule has 1 aromatic carbocycles. The monoisotopic (exact) mass is 376 g/mol. The molecule has 0 radical (unpaired) electrons. The third kappa shape index (κ3) is 4.41. The van der Waals surface area contributed by atoms with E-state index in [-0.39, 0.29) is 24.7 Å². The number of thiazole rings is 1. The molecule has 6 nitrogen and oxygen atoms in total. The van der Waals surface area contributed by atoms with Crippen molar-refractivity contribution in [1.82, 2.24) is 10.3 Å². The van der Waals surface area contributed by atoms with Crippen LogP contribution in [0.4, 0.5) is 0 Å². The number of hydrogen-bond acceptors (Lipinski definition) is 6. The fraction of sp³-hybridized carbons (Fsp3) is 0.474. The van der Waals surface area contributed by atoms with Crippen molar-refractivity contribution in [2.75, 3.05) is 13.2 Å². The van der Waals surface area contributed by atoms with Crippen LogP contribution in [0.15, 0.2) is 24.3 Å². The zero-order valence-corrected chi connectivity index (χ0v) is 15.8. The van der Waals surface area contributed by atoms with Crippen LogP contribution < -0.4 is 10.1 Å². The van der Waals surface area contributed by atoms with Crippen molar-refractivity contribution in [2.45, 2.75) is 45.4 Å². The molecule has 7 heteroatoms. The summed E-state index contributed by atoms with van der Waals surface area (Å²) in [5.74, 6) is 0.600. The minimum Gasteiger partial charge on any atom is -0.488 e. The maximum Gasteiger partial charge on any atom is 0.263 e. The summed E-state index contributed by atoms with van der Waals surface area (Å²) in [7, 11) is 0. The molecule has 140 valence electrons. The Balaban J connectivity index is 1.68. The van der Waals surface area contributed by atoms with Crippen LogP contribution in [-0.2, 0) is 17.8 Å². The lowest BCUT2D eigenvalue weighted by Gasteiger charge is -2.32. The van der Waals surface area contributed by atoms with E-state index < -0.39 is 0 Å². The largest absolute Gasteiger partial charge is 0.488 e. The van der Waals surface area contributed by atoms with Gasteiger partial charge in [-0.1, -0.05) is 19.1 Å². The van der Waals surface area contributed by atoms with Gasteiger partial charge in [-0.25, -0.2) is 4.98 Å². The third-order valence-electron chi connectivity index (χ3n) is 4.35. The van der Waals surface area contributed by atoms with Crippen LogP contribution in [0.2, 0.25) is 0 Å². The second kappa shape index (κ2) is 8.62. The van der Waals surface area contributed by atoms with Crippen molar-refractivity contribution in [3.63, 3.8) is 0 Å². The van der Waals surface area contributed by atoms with Gasteiger partial charge in [-0.3, -0.25) is 4.79 Å². The number of aliphatic hydroxyl groups is 1. The van der Waals surface area contributed by atoms with Crippen molar-refractivity contribution >= 4 is 17.2 Å². The van der Waals surface area contributed by atoms with E-state index in [2.05, 4.69) is 10.3 Å². The quantitative estimate of drug-likeness (QED) is 0.810. The Bertz CT molecular complexity index is 744. The number of aliphatic hydroxyl groups excluding tert-OH is 1. The van der Waals surface area contributed by atoms with Gasteiger partial charge in [0, 0.05) is 6.42 Å². The van der Waals surface area contributed by atoms with Crippen molar-refractivity contribution in [1.29, 1.82) is 0 Å². The Hall–Kier alpha value is -1.96. The highest BCUT2D eigenvalue weighted by Gasteiger charge is 2.30. The second-order valence-corrected chi connectivity index (χ2v) is 7.47. The molecule has 1 fully saturated rings. The highest BCUT2D eigenvalue weighted by Crippen LogP contribution is 2.22. The number of amides is 1. The van der Waals surface area contributed by atoms with Crippen LogP contribution in [0, 0.1) is 6.92 Å². The number of benzene rings is 1. The molecular weight excluding hydrogens is 352 g/mol. The van der Waals surface area contributed by atoms with Crippen LogP contribution in [0.5, 0.6) is 5.75 Å². The first-order valence-corrected chi connectivity index (χ1v) is 9.63. The first-order valence-electron chi connectivity index (χ1n) is 8.82. The first-order chi connectivity index (χ1) is 12.6. The molecule has 1 amide bonds. The van der Waals surface area contributed by atoms with E-state index in [0.717, 1.165) is 28.4 Å². The summed E-state index contributed by atoms with van der Waals surface area (Å²) in [5, 5.41) is 13.1. The zero-order chi connectivity index (χ0) is 18.5. The number of rotatable bonds is 6. The number of ether oxygens (including phenoxy) is 2. The van der Waals surface area contributed by atoms with Crippen LogP contribution in [-0.4, -0.2) is 41.4 Å². The maximum absolute atomic E-state index is 12.7. The van der Waals surface area contributed by atoms with Gasteiger partial charge in [0.2, 0.25) is 0 Å². The molecule has 1 aliphatic rings. The van der Waals surface area contributed by atoms with Gasteiger partial charge in [0.25, 0.3) is 5.91 Å². The highest BCUT2D eigenvalue weighted by molar-refractivity contribution is 7.13. The molecule has 1 aromatic heterocycles. The topological polar surface area (TPSA) is 80.7 Å². The van der Waals surface area contributed by atoms with Gasteiger partial charge >= 0.3 is 0 Å². The van der Waals surface area contributed by atoms with Gasteiger partial charge in [-0.2, -0.15) is 0 Å². The highest BCUT2D eigenvalue weighted by atomic mass is 32.1. The predicted octanol–water partition coefficient (Wildman–Crippen LogP) is 2.47.